The molecule has 0 bridgehead atoms. The predicted octanol–water partition coefficient (Wildman–Crippen LogP) is 2.86. The topological polar surface area (TPSA) is 92.5 Å². The van der Waals surface area contributed by atoms with E-state index in [9.17, 15) is 28.5 Å². The van der Waals surface area contributed by atoms with E-state index in [1.165, 1.54) is 35.2 Å². The molecule has 1 fully saturated rings. The Morgan fingerprint density at radius 1 is 1.19 bits per heavy atom. The maximum absolute atomic E-state index is 13.3. The first kappa shape index (κ1) is 17.5. The predicted molar refractivity (Wildman–Crippen MR) is 88.5 cm³/mol. The number of hydrogen-bond acceptors (Lipinski definition) is 4. The molecule has 0 saturated carbocycles. The van der Waals surface area contributed by atoms with E-state index in [4.69, 9.17) is 0 Å². The molecule has 1 N–H and O–H groups in total. The van der Waals surface area contributed by atoms with Crippen LogP contribution in [0.5, 0.6) is 0 Å². The van der Waals surface area contributed by atoms with Gasteiger partial charge < -0.3 is 10.2 Å². The number of nitrogens with zero attached hydrogens (tertiary/aromatic N) is 2. The van der Waals surface area contributed by atoms with Crippen LogP contribution in [0.4, 0.5) is 25.8 Å². The fourth-order valence-corrected chi connectivity index (χ4v) is 2.73. The van der Waals surface area contributed by atoms with Crippen LogP contribution in [0.2, 0.25) is 0 Å². The second kappa shape index (κ2) is 6.87. The third-order valence-electron chi connectivity index (χ3n) is 4.04. The van der Waals surface area contributed by atoms with Gasteiger partial charge in [-0.1, -0.05) is 0 Å². The molecule has 1 heterocycles. The van der Waals surface area contributed by atoms with Gasteiger partial charge in [-0.2, -0.15) is 4.39 Å². The molecule has 0 radical (unpaired) electrons. The molecule has 1 atom stereocenters. The monoisotopic (exact) mass is 361 g/mol. The molecule has 0 aromatic heterocycles. The number of anilines is 2. The molecule has 2 aromatic carbocycles. The Balaban J connectivity index is 1.71. The largest absolute Gasteiger partial charge is 0.326 e. The van der Waals surface area contributed by atoms with Crippen LogP contribution in [0.1, 0.15) is 6.42 Å². The first-order chi connectivity index (χ1) is 12.3. The highest BCUT2D eigenvalue weighted by Crippen LogP contribution is 2.27. The molecule has 1 aliphatic heterocycles. The van der Waals surface area contributed by atoms with Crippen molar-refractivity contribution in [3.63, 3.8) is 0 Å². The third kappa shape index (κ3) is 3.51. The summed E-state index contributed by atoms with van der Waals surface area (Å²) in [6.07, 6.45) is -0.0491. The van der Waals surface area contributed by atoms with Crippen molar-refractivity contribution in [2.75, 3.05) is 16.8 Å². The van der Waals surface area contributed by atoms with Crippen LogP contribution in [0.25, 0.3) is 0 Å². The van der Waals surface area contributed by atoms with Crippen LogP contribution in [-0.2, 0) is 9.59 Å². The molecule has 26 heavy (non-hydrogen) atoms. The third-order valence-corrected chi connectivity index (χ3v) is 4.04. The van der Waals surface area contributed by atoms with Gasteiger partial charge >= 0.3 is 5.69 Å². The number of halogens is 2. The van der Waals surface area contributed by atoms with Gasteiger partial charge in [0.05, 0.1) is 10.8 Å². The normalized spacial score (nSPS) is 16.6. The lowest BCUT2D eigenvalue weighted by Crippen LogP contribution is -2.28. The smallest absolute Gasteiger partial charge is 0.306 e. The summed E-state index contributed by atoms with van der Waals surface area (Å²) in [6.45, 7) is 0.0968. The Morgan fingerprint density at radius 3 is 2.54 bits per heavy atom. The van der Waals surface area contributed by atoms with Crippen molar-refractivity contribution in [1.29, 1.82) is 0 Å². The molecule has 134 valence electrons. The number of carbonyl (C=O) groups is 2. The average molecular weight is 361 g/mol. The van der Waals surface area contributed by atoms with E-state index in [0.29, 0.717) is 5.69 Å². The number of carbonyl (C=O) groups excluding carboxylic acids is 2. The quantitative estimate of drug-likeness (QED) is 0.669. The highest BCUT2D eigenvalue weighted by molar-refractivity contribution is 6.03. The van der Waals surface area contributed by atoms with E-state index in [2.05, 4.69) is 5.32 Å². The summed E-state index contributed by atoms with van der Waals surface area (Å²) in [5.74, 6) is -2.93. The van der Waals surface area contributed by atoms with Crippen LogP contribution in [0.3, 0.4) is 0 Å². The van der Waals surface area contributed by atoms with E-state index in [1.807, 2.05) is 0 Å². The molecule has 9 heteroatoms. The second-order valence-electron chi connectivity index (χ2n) is 5.79. The summed E-state index contributed by atoms with van der Waals surface area (Å²) >= 11 is 0. The standard InChI is InChI=1S/C17H13F2N3O4/c18-11-1-4-13(5-2-11)21-9-10(7-16(21)23)17(24)20-12-3-6-14(19)15(8-12)22(25)26/h1-6,8,10H,7,9H2,(H,20,24). The summed E-state index contributed by atoms with van der Waals surface area (Å²) in [7, 11) is 0. The van der Waals surface area contributed by atoms with Crippen molar-refractivity contribution in [3.8, 4) is 0 Å². The van der Waals surface area contributed by atoms with Gasteiger partial charge in [0, 0.05) is 30.4 Å². The van der Waals surface area contributed by atoms with Crippen molar-refractivity contribution in [3.05, 3.63) is 64.2 Å². The number of nitrogens with one attached hydrogen (secondary N) is 1. The SMILES string of the molecule is O=C(Nc1ccc(F)c([N+](=O)[O-])c1)C1CC(=O)N(c2ccc(F)cc2)C1. The zero-order chi connectivity index (χ0) is 18.8. The van der Waals surface area contributed by atoms with E-state index < -0.39 is 34.1 Å². The van der Waals surface area contributed by atoms with Crippen molar-refractivity contribution in [1.82, 2.24) is 0 Å². The lowest BCUT2D eigenvalue weighted by Gasteiger charge is -2.16. The Labute approximate surface area is 146 Å². The van der Waals surface area contributed by atoms with E-state index in [1.54, 1.807) is 0 Å². The second-order valence-corrected chi connectivity index (χ2v) is 5.79. The summed E-state index contributed by atoms with van der Waals surface area (Å²) in [4.78, 5) is 35.7. The minimum Gasteiger partial charge on any atom is -0.326 e. The van der Waals surface area contributed by atoms with Gasteiger partial charge in [-0.3, -0.25) is 19.7 Å². The fraction of sp³-hybridized carbons (Fsp3) is 0.176. The van der Waals surface area contributed by atoms with Gasteiger partial charge in [0.25, 0.3) is 0 Å². The first-order valence-electron chi connectivity index (χ1n) is 7.66. The van der Waals surface area contributed by atoms with E-state index in [0.717, 1.165) is 12.1 Å². The summed E-state index contributed by atoms with van der Waals surface area (Å²) in [5, 5.41) is 13.2. The van der Waals surface area contributed by atoms with Crippen LogP contribution < -0.4 is 10.2 Å². The molecule has 3 rings (SSSR count). The lowest BCUT2D eigenvalue weighted by atomic mass is 10.1. The lowest BCUT2D eigenvalue weighted by molar-refractivity contribution is -0.387. The zero-order valence-corrected chi connectivity index (χ0v) is 13.3. The first-order valence-corrected chi connectivity index (χ1v) is 7.66. The Kier molecular flexibility index (Phi) is 4.61. The highest BCUT2D eigenvalue weighted by atomic mass is 19.1. The molecule has 1 unspecified atom stereocenters. The number of benzene rings is 2. The number of nitro groups is 1. The molecule has 1 saturated heterocycles. The Morgan fingerprint density at radius 2 is 1.88 bits per heavy atom. The number of amides is 2. The van der Waals surface area contributed by atoms with Crippen LogP contribution in [-0.4, -0.2) is 23.3 Å². The fourth-order valence-electron chi connectivity index (χ4n) is 2.73. The highest BCUT2D eigenvalue weighted by Gasteiger charge is 2.35. The molecule has 2 aromatic rings. The van der Waals surface area contributed by atoms with Crippen molar-refractivity contribution in [2.24, 2.45) is 5.92 Å². The number of hydrogen-bond donors (Lipinski definition) is 1. The molecule has 0 spiro atoms. The van der Waals surface area contributed by atoms with Crippen molar-refractivity contribution >= 4 is 28.9 Å². The van der Waals surface area contributed by atoms with Crippen LogP contribution >= 0.6 is 0 Å². The molecule has 7 nitrogen and oxygen atoms in total. The molecular weight excluding hydrogens is 348 g/mol. The summed E-state index contributed by atoms with van der Waals surface area (Å²) in [6, 6.07) is 8.32. The van der Waals surface area contributed by atoms with Crippen LogP contribution in [0.15, 0.2) is 42.5 Å². The molecule has 1 aliphatic rings. The van der Waals surface area contributed by atoms with Crippen molar-refractivity contribution in [2.45, 2.75) is 6.42 Å². The number of rotatable bonds is 4. The summed E-state index contributed by atoms with van der Waals surface area (Å²) in [5.41, 5.74) is -0.210. The maximum Gasteiger partial charge on any atom is 0.306 e. The van der Waals surface area contributed by atoms with Crippen molar-refractivity contribution < 1.29 is 23.3 Å². The average Bonchev–Trinajstić information content (AvgIpc) is 2.99. The van der Waals surface area contributed by atoms with Gasteiger partial charge in [-0.05, 0) is 36.4 Å². The van der Waals surface area contributed by atoms with Gasteiger partial charge in [0.15, 0.2) is 0 Å². The Hall–Kier alpha value is -3.36. The molecule has 0 aliphatic carbocycles. The zero-order valence-electron chi connectivity index (χ0n) is 13.3. The Bertz CT molecular complexity index is 886. The minimum absolute atomic E-state index is 0.0491. The van der Waals surface area contributed by atoms with E-state index in [-0.39, 0.29) is 24.6 Å². The summed E-state index contributed by atoms with van der Waals surface area (Å²) < 4.78 is 26.3. The van der Waals surface area contributed by atoms with Gasteiger partial charge in [0.1, 0.15) is 5.82 Å². The maximum atomic E-state index is 13.3. The van der Waals surface area contributed by atoms with Gasteiger partial charge in [-0.15, -0.1) is 0 Å². The number of nitro benzene ring substituents is 1. The van der Waals surface area contributed by atoms with E-state index >= 15 is 0 Å². The molecule has 2 amide bonds. The van der Waals surface area contributed by atoms with Gasteiger partial charge in [0.2, 0.25) is 17.6 Å². The van der Waals surface area contributed by atoms with Crippen LogP contribution in [0, 0.1) is 27.7 Å². The minimum atomic E-state index is -1.01. The molecular formula is C17H13F2N3O4. The van der Waals surface area contributed by atoms with Gasteiger partial charge in [-0.25, -0.2) is 4.39 Å².